The fraction of sp³-hybridized carbons (Fsp3) is 0.273. The molecule has 0 unspecified atom stereocenters. The van der Waals surface area contributed by atoms with Crippen LogP contribution in [-0.4, -0.2) is 17.1 Å². The largest absolute Gasteiger partial charge is 0.496 e. The zero-order chi connectivity index (χ0) is 19.3. The molecule has 140 valence electrons. The summed E-state index contributed by atoms with van der Waals surface area (Å²) in [6.07, 6.45) is 1.74. The lowest BCUT2D eigenvalue weighted by atomic mass is 9.87. The second-order valence-corrected chi connectivity index (χ2v) is 7.38. The second kappa shape index (κ2) is 8.08. The summed E-state index contributed by atoms with van der Waals surface area (Å²) in [4.78, 5) is 8.83. The van der Waals surface area contributed by atoms with Gasteiger partial charge in [-0.3, -0.25) is 0 Å². The van der Waals surface area contributed by atoms with Crippen LogP contribution in [0, 0.1) is 0 Å². The number of hydrogen-bond donors (Lipinski definition) is 2. The third-order valence-electron chi connectivity index (χ3n) is 4.31. The van der Waals surface area contributed by atoms with E-state index in [0.29, 0.717) is 12.5 Å². The lowest BCUT2D eigenvalue weighted by molar-refractivity contribution is 0.410. The molecule has 1 heterocycles. The molecule has 0 amide bonds. The summed E-state index contributed by atoms with van der Waals surface area (Å²) < 4.78 is 5.38. The van der Waals surface area contributed by atoms with Crippen molar-refractivity contribution >= 4 is 17.5 Å². The zero-order valence-corrected chi connectivity index (χ0v) is 16.3. The Morgan fingerprint density at radius 2 is 1.70 bits per heavy atom. The number of para-hydroxylation sites is 1. The topological polar surface area (TPSA) is 59.1 Å². The molecule has 1 aromatic heterocycles. The Balaban J connectivity index is 1.67. The number of nitrogens with one attached hydrogen (secondary N) is 2. The molecule has 0 spiro atoms. The van der Waals surface area contributed by atoms with Crippen molar-refractivity contribution in [3.8, 4) is 5.75 Å². The maximum absolute atomic E-state index is 5.38. The number of methoxy groups -OCH3 is 1. The molecule has 0 aliphatic heterocycles. The normalized spacial score (nSPS) is 11.1. The SMILES string of the molecule is COc1ccccc1CNc1nccc(Nc2ccc(C(C)(C)C)cc2)n1. The molecule has 0 radical (unpaired) electrons. The van der Waals surface area contributed by atoms with E-state index in [-0.39, 0.29) is 5.41 Å². The maximum Gasteiger partial charge on any atom is 0.224 e. The molecule has 0 saturated heterocycles. The summed E-state index contributed by atoms with van der Waals surface area (Å²) >= 11 is 0. The molecule has 0 aliphatic rings. The van der Waals surface area contributed by atoms with Gasteiger partial charge in [0.2, 0.25) is 5.95 Å². The number of anilines is 3. The highest BCUT2D eigenvalue weighted by Gasteiger charge is 2.12. The van der Waals surface area contributed by atoms with Crippen LogP contribution in [0.2, 0.25) is 0 Å². The predicted molar refractivity (Wildman–Crippen MR) is 111 cm³/mol. The molecule has 0 saturated carbocycles. The minimum Gasteiger partial charge on any atom is -0.496 e. The molecule has 2 aromatic carbocycles. The molecule has 0 aliphatic carbocycles. The van der Waals surface area contributed by atoms with Crippen LogP contribution < -0.4 is 15.4 Å². The molecular weight excluding hydrogens is 336 g/mol. The van der Waals surface area contributed by atoms with Crippen LogP contribution in [0.25, 0.3) is 0 Å². The number of ether oxygens (including phenoxy) is 1. The predicted octanol–water partition coefficient (Wildman–Crippen LogP) is 5.14. The molecule has 0 atom stereocenters. The van der Waals surface area contributed by atoms with Crippen LogP contribution in [-0.2, 0) is 12.0 Å². The van der Waals surface area contributed by atoms with Crippen molar-refractivity contribution in [3.05, 3.63) is 71.9 Å². The van der Waals surface area contributed by atoms with Gasteiger partial charge in [-0.05, 0) is 35.2 Å². The fourth-order valence-corrected chi connectivity index (χ4v) is 2.74. The second-order valence-electron chi connectivity index (χ2n) is 7.38. The van der Waals surface area contributed by atoms with Crippen molar-refractivity contribution < 1.29 is 4.74 Å². The third-order valence-corrected chi connectivity index (χ3v) is 4.31. The summed E-state index contributed by atoms with van der Waals surface area (Å²) in [6.45, 7) is 7.21. The van der Waals surface area contributed by atoms with Crippen LogP contribution in [0.1, 0.15) is 31.9 Å². The number of benzene rings is 2. The average Bonchev–Trinajstić information content (AvgIpc) is 2.66. The average molecular weight is 362 g/mol. The first-order valence-corrected chi connectivity index (χ1v) is 9.02. The van der Waals surface area contributed by atoms with E-state index >= 15 is 0 Å². The van der Waals surface area contributed by atoms with Crippen molar-refractivity contribution in [2.45, 2.75) is 32.7 Å². The highest BCUT2D eigenvalue weighted by atomic mass is 16.5. The van der Waals surface area contributed by atoms with Crippen molar-refractivity contribution in [1.29, 1.82) is 0 Å². The standard InChI is InChI=1S/C22H26N4O/c1-22(2,3)17-9-11-18(12-10-17)25-20-13-14-23-21(26-20)24-15-16-7-5-6-8-19(16)27-4/h5-14H,15H2,1-4H3,(H2,23,24,25,26). The Hall–Kier alpha value is -3.08. The minimum absolute atomic E-state index is 0.142. The van der Waals surface area contributed by atoms with Gasteiger partial charge in [-0.15, -0.1) is 0 Å². The first kappa shape index (κ1) is 18.7. The Bertz CT molecular complexity index is 885. The highest BCUT2D eigenvalue weighted by Crippen LogP contribution is 2.25. The van der Waals surface area contributed by atoms with Crippen LogP contribution >= 0.6 is 0 Å². The van der Waals surface area contributed by atoms with Crippen LogP contribution in [0.4, 0.5) is 17.5 Å². The monoisotopic (exact) mass is 362 g/mol. The van der Waals surface area contributed by atoms with Crippen molar-refractivity contribution in [3.63, 3.8) is 0 Å². The number of hydrogen-bond acceptors (Lipinski definition) is 5. The molecule has 3 aromatic rings. The summed E-state index contributed by atoms with van der Waals surface area (Å²) in [6, 6.07) is 18.2. The van der Waals surface area contributed by atoms with E-state index in [9.17, 15) is 0 Å². The van der Waals surface area contributed by atoms with Gasteiger partial charge in [0.1, 0.15) is 11.6 Å². The fourth-order valence-electron chi connectivity index (χ4n) is 2.74. The highest BCUT2D eigenvalue weighted by molar-refractivity contribution is 5.57. The van der Waals surface area contributed by atoms with Crippen LogP contribution in [0.5, 0.6) is 5.75 Å². The minimum atomic E-state index is 0.142. The smallest absolute Gasteiger partial charge is 0.224 e. The molecule has 3 rings (SSSR count). The van der Waals surface area contributed by atoms with E-state index in [1.807, 2.05) is 30.3 Å². The maximum atomic E-state index is 5.38. The Morgan fingerprint density at radius 1 is 0.963 bits per heavy atom. The van der Waals surface area contributed by atoms with Crippen molar-refractivity contribution in [2.24, 2.45) is 0 Å². The number of nitrogens with zero attached hydrogens (tertiary/aromatic N) is 2. The summed E-state index contributed by atoms with van der Waals surface area (Å²) in [5, 5.41) is 6.58. The molecule has 27 heavy (non-hydrogen) atoms. The van der Waals surface area contributed by atoms with Gasteiger partial charge in [-0.2, -0.15) is 4.98 Å². The van der Waals surface area contributed by atoms with Gasteiger partial charge in [0.15, 0.2) is 0 Å². The Morgan fingerprint density at radius 3 is 2.41 bits per heavy atom. The van der Waals surface area contributed by atoms with Crippen LogP contribution in [0.3, 0.4) is 0 Å². The molecule has 2 N–H and O–H groups in total. The van der Waals surface area contributed by atoms with Crippen molar-refractivity contribution in [1.82, 2.24) is 9.97 Å². The van der Waals surface area contributed by atoms with Gasteiger partial charge in [0.05, 0.1) is 7.11 Å². The first-order chi connectivity index (χ1) is 13.0. The third kappa shape index (κ3) is 4.97. The van der Waals surface area contributed by atoms with Gasteiger partial charge in [-0.25, -0.2) is 4.98 Å². The van der Waals surface area contributed by atoms with Gasteiger partial charge >= 0.3 is 0 Å². The number of aromatic nitrogens is 2. The molecular formula is C22H26N4O. The van der Waals surface area contributed by atoms with E-state index in [2.05, 4.69) is 65.6 Å². The van der Waals surface area contributed by atoms with E-state index in [4.69, 9.17) is 4.74 Å². The molecule has 0 fully saturated rings. The van der Waals surface area contributed by atoms with Crippen LogP contribution in [0.15, 0.2) is 60.8 Å². The van der Waals surface area contributed by atoms with E-state index in [0.717, 1.165) is 22.8 Å². The zero-order valence-electron chi connectivity index (χ0n) is 16.3. The van der Waals surface area contributed by atoms with E-state index < -0.39 is 0 Å². The van der Waals surface area contributed by atoms with Crippen molar-refractivity contribution in [2.75, 3.05) is 17.7 Å². The number of rotatable bonds is 6. The van der Waals surface area contributed by atoms with Gasteiger partial charge in [0.25, 0.3) is 0 Å². The molecule has 5 heteroatoms. The van der Waals surface area contributed by atoms with Gasteiger partial charge < -0.3 is 15.4 Å². The summed E-state index contributed by atoms with van der Waals surface area (Å²) in [5.74, 6) is 2.16. The van der Waals surface area contributed by atoms with E-state index in [1.54, 1.807) is 13.3 Å². The van der Waals surface area contributed by atoms with E-state index in [1.165, 1.54) is 5.56 Å². The lowest BCUT2D eigenvalue weighted by Gasteiger charge is -2.19. The summed E-state index contributed by atoms with van der Waals surface area (Å²) in [5.41, 5.74) is 3.50. The van der Waals surface area contributed by atoms with Gasteiger partial charge in [0, 0.05) is 24.0 Å². The Labute approximate surface area is 160 Å². The molecule has 5 nitrogen and oxygen atoms in total. The lowest BCUT2D eigenvalue weighted by Crippen LogP contribution is -2.10. The Kier molecular flexibility index (Phi) is 5.60. The first-order valence-electron chi connectivity index (χ1n) is 9.02. The van der Waals surface area contributed by atoms with Gasteiger partial charge in [-0.1, -0.05) is 51.1 Å². The molecule has 0 bridgehead atoms. The summed E-state index contributed by atoms with van der Waals surface area (Å²) in [7, 11) is 1.67. The quantitative estimate of drug-likeness (QED) is 0.636.